The number of anilines is 1. The molecule has 4 amide bonds. The highest BCUT2D eigenvalue weighted by Gasteiger charge is 2.38. The monoisotopic (exact) mass is 432 g/mol. The summed E-state index contributed by atoms with van der Waals surface area (Å²) in [5.74, 6) is -2.10. The van der Waals surface area contributed by atoms with Crippen LogP contribution in [0, 0.1) is 0 Å². The molecule has 0 saturated carbocycles. The number of methoxy groups -OCH3 is 1. The Morgan fingerprint density at radius 3 is 2.41 bits per heavy atom. The van der Waals surface area contributed by atoms with E-state index in [4.69, 9.17) is 13.9 Å². The largest absolute Gasteiger partial charge is 0.495 e. The third kappa shape index (κ3) is 3.86. The number of ether oxygens (including phenoxy) is 2. The summed E-state index contributed by atoms with van der Waals surface area (Å²) in [6.07, 6.45) is 2.58. The normalized spacial score (nSPS) is 15.0. The van der Waals surface area contributed by atoms with Crippen LogP contribution in [0.3, 0.4) is 0 Å². The van der Waals surface area contributed by atoms with E-state index in [1.807, 2.05) is 0 Å². The molecule has 9 heteroatoms. The molecule has 1 saturated heterocycles. The quantitative estimate of drug-likeness (QED) is 0.285. The van der Waals surface area contributed by atoms with Gasteiger partial charge < -0.3 is 13.9 Å². The standard InChI is InChI=1S/C23H16N2O7/c1-30-18-10-5-3-8-16(18)25-21(27)15(20(26)24-23(25)29)13-14-7-2-4-9-17(14)32-22(28)19-11-6-12-31-19/h2-13H,1H3,(H,24,26,29)/b15-13-. The van der Waals surface area contributed by atoms with E-state index in [9.17, 15) is 19.2 Å². The Labute approximate surface area is 181 Å². The Hall–Kier alpha value is -4.66. The van der Waals surface area contributed by atoms with Gasteiger partial charge in [0.15, 0.2) is 0 Å². The summed E-state index contributed by atoms with van der Waals surface area (Å²) < 4.78 is 15.6. The molecule has 0 atom stereocenters. The average Bonchev–Trinajstić information content (AvgIpc) is 3.33. The second-order valence-electron chi connectivity index (χ2n) is 6.53. The number of carbonyl (C=O) groups is 4. The van der Waals surface area contributed by atoms with Gasteiger partial charge in [0.1, 0.15) is 17.1 Å². The molecular weight excluding hydrogens is 416 g/mol. The molecule has 0 unspecified atom stereocenters. The number of rotatable bonds is 5. The van der Waals surface area contributed by atoms with Crippen molar-refractivity contribution in [3.8, 4) is 11.5 Å². The first kappa shape index (κ1) is 20.6. The summed E-state index contributed by atoms with van der Waals surface area (Å²) in [7, 11) is 1.40. The zero-order valence-electron chi connectivity index (χ0n) is 16.7. The average molecular weight is 432 g/mol. The van der Waals surface area contributed by atoms with Gasteiger partial charge in [0, 0.05) is 5.56 Å². The summed E-state index contributed by atoms with van der Waals surface area (Å²) in [5, 5.41) is 2.14. The Balaban J connectivity index is 1.71. The van der Waals surface area contributed by atoms with Gasteiger partial charge in [0.25, 0.3) is 11.8 Å². The number of para-hydroxylation sites is 3. The molecule has 4 rings (SSSR count). The molecule has 1 fully saturated rings. The molecule has 160 valence electrons. The molecule has 1 N–H and O–H groups in total. The maximum atomic E-state index is 13.1. The van der Waals surface area contributed by atoms with Gasteiger partial charge in [0.05, 0.1) is 19.1 Å². The zero-order valence-corrected chi connectivity index (χ0v) is 16.7. The molecule has 0 spiro atoms. The molecule has 0 aliphatic carbocycles. The second-order valence-corrected chi connectivity index (χ2v) is 6.53. The first-order valence-corrected chi connectivity index (χ1v) is 9.39. The van der Waals surface area contributed by atoms with Crippen molar-refractivity contribution >= 4 is 35.6 Å². The van der Waals surface area contributed by atoms with E-state index in [1.165, 1.54) is 37.6 Å². The van der Waals surface area contributed by atoms with E-state index in [0.717, 1.165) is 4.90 Å². The summed E-state index contributed by atoms with van der Waals surface area (Å²) >= 11 is 0. The second kappa shape index (κ2) is 8.60. The van der Waals surface area contributed by atoms with Crippen molar-refractivity contribution < 1.29 is 33.1 Å². The van der Waals surface area contributed by atoms with Crippen LogP contribution in [0.4, 0.5) is 10.5 Å². The lowest BCUT2D eigenvalue weighted by Crippen LogP contribution is -2.54. The number of hydrogen-bond donors (Lipinski definition) is 1. The van der Waals surface area contributed by atoms with Crippen LogP contribution in [0.1, 0.15) is 16.1 Å². The number of furan rings is 1. The number of imide groups is 2. The first-order chi connectivity index (χ1) is 15.5. The number of nitrogens with zero attached hydrogens (tertiary/aromatic N) is 1. The number of hydrogen-bond acceptors (Lipinski definition) is 7. The molecular formula is C23H16N2O7. The predicted molar refractivity (Wildman–Crippen MR) is 112 cm³/mol. The number of benzene rings is 2. The number of nitrogens with one attached hydrogen (secondary N) is 1. The lowest BCUT2D eigenvalue weighted by atomic mass is 10.1. The summed E-state index contributed by atoms with van der Waals surface area (Å²) in [6, 6.07) is 14.8. The molecule has 1 aliphatic rings. The third-order valence-electron chi connectivity index (χ3n) is 4.57. The third-order valence-corrected chi connectivity index (χ3v) is 4.57. The topological polar surface area (TPSA) is 115 Å². The molecule has 0 radical (unpaired) electrons. The van der Waals surface area contributed by atoms with Crippen LogP contribution < -0.4 is 19.7 Å². The van der Waals surface area contributed by atoms with Crippen molar-refractivity contribution in [1.82, 2.24) is 5.32 Å². The molecule has 1 aromatic heterocycles. The number of amides is 4. The van der Waals surface area contributed by atoms with E-state index in [-0.39, 0.29) is 34.1 Å². The van der Waals surface area contributed by atoms with Crippen LogP contribution in [0.15, 0.2) is 76.9 Å². The number of carbonyl (C=O) groups excluding carboxylic acids is 4. The summed E-state index contributed by atoms with van der Waals surface area (Å²) in [4.78, 5) is 51.1. The van der Waals surface area contributed by atoms with Crippen molar-refractivity contribution in [3.05, 3.63) is 83.8 Å². The minimum absolute atomic E-state index is 0.00751. The molecule has 3 aromatic rings. The Morgan fingerprint density at radius 2 is 1.69 bits per heavy atom. The molecule has 2 heterocycles. The van der Waals surface area contributed by atoms with E-state index in [1.54, 1.807) is 42.5 Å². The number of esters is 1. The van der Waals surface area contributed by atoms with Crippen molar-refractivity contribution in [1.29, 1.82) is 0 Å². The van der Waals surface area contributed by atoms with E-state index in [0.29, 0.717) is 0 Å². The van der Waals surface area contributed by atoms with Gasteiger partial charge in [-0.1, -0.05) is 30.3 Å². The fraction of sp³-hybridized carbons (Fsp3) is 0.0435. The van der Waals surface area contributed by atoms with Gasteiger partial charge in [-0.3, -0.25) is 14.9 Å². The number of urea groups is 1. The first-order valence-electron chi connectivity index (χ1n) is 9.39. The van der Waals surface area contributed by atoms with Gasteiger partial charge >= 0.3 is 12.0 Å². The SMILES string of the molecule is COc1ccccc1N1C(=O)NC(=O)/C(=C/c2ccccc2OC(=O)c2ccco2)C1=O. The van der Waals surface area contributed by atoms with Crippen LogP contribution in [0.5, 0.6) is 11.5 Å². The molecule has 1 aliphatic heterocycles. The van der Waals surface area contributed by atoms with Crippen LogP contribution in [-0.2, 0) is 9.59 Å². The maximum absolute atomic E-state index is 13.1. The summed E-state index contributed by atoms with van der Waals surface area (Å²) in [6.45, 7) is 0. The minimum Gasteiger partial charge on any atom is -0.495 e. The maximum Gasteiger partial charge on any atom is 0.379 e. The predicted octanol–water partition coefficient (Wildman–Crippen LogP) is 3.17. The van der Waals surface area contributed by atoms with Gasteiger partial charge in [-0.15, -0.1) is 0 Å². The summed E-state index contributed by atoms with van der Waals surface area (Å²) in [5.41, 5.74) is 0.130. The highest BCUT2D eigenvalue weighted by molar-refractivity contribution is 6.39. The molecule has 2 aromatic carbocycles. The van der Waals surface area contributed by atoms with Gasteiger partial charge in [-0.2, -0.15) is 0 Å². The van der Waals surface area contributed by atoms with Crippen molar-refractivity contribution in [2.45, 2.75) is 0 Å². The van der Waals surface area contributed by atoms with E-state index < -0.39 is 23.8 Å². The Morgan fingerprint density at radius 1 is 0.969 bits per heavy atom. The fourth-order valence-electron chi connectivity index (χ4n) is 3.08. The lowest BCUT2D eigenvalue weighted by molar-refractivity contribution is -0.122. The Bertz CT molecular complexity index is 1240. The fourth-order valence-corrected chi connectivity index (χ4v) is 3.08. The van der Waals surface area contributed by atoms with Crippen molar-refractivity contribution in [3.63, 3.8) is 0 Å². The zero-order chi connectivity index (χ0) is 22.7. The molecule has 9 nitrogen and oxygen atoms in total. The van der Waals surface area contributed by atoms with Gasteiger partial charge in [-0.25, -0.2) is 14.5 Å². The van der Waals surface area contributed by atoms with Gasteiger partial charge in [0.2, 0.25) is 5.76 Å². The van der Waals surface area contributed by atoms with E-state index >= 15 is 0 Å². The van der Waals surface area contributed by atoms with Crippen LogP contribution >= 0.6 is 0 Å². The van der Waals surface area contributed by atoms with Crippen LogP contribution in [0.2, 0.25) is 0 Å². The highest BCUT2D eigenvalue weighted by atomic mass is 16.5. The van der Waals surface area contributed by atoms with E-state index in [2.05, 4.69) is 5.32 Å². The van der Waals surface area contributed by atoms with Gasteiger partial charge in [-0.05, 0) is 36.4 Å². The lowest BCUT2D eigenvalue weighted by Gasteiger charge is -2.27. The Kier molecular flexibility index (Phi) is 5.54. The minimum atomic E-state index is -0.904. The highest BCUT2D eigenvalue weighted by Crippen LogP contribution is 2.31. The van der Waals surface area contributed by atoms with Crippen molar-refractivity contribution in [2.75, 3.05) is 12.0 Å². The van der Waals surface area contributed by atoms with Crippen LogP contribution in [0.25, 0.3) is 6.08 Å². The molecule has 0 bridgehead atoms. The van der Waals surface area contributed by atoms with Crippen LogP contribution in [-0.4, -0.2) is 30.9 Å². The number of barbiturate groups is 1. The smallest absolute Gasteiger partial charge is 0.379 e. The van der Waals surface area contributed by atoms with Crippen molar-refractivity contribution in [2.24, 2.45) is 0 Å². The molecule has 32 heavy (non-hydrogen) atoms.